The highest BCUT2D eigenvalue weighted by atomic mass is 16.2. The summed E-state index contributed by atoms with van der Waals surface area (Å²) in [6, 6.07) is 7.24. The lowest BCUT2D eigenvalue weighted by molar-refractivity contribution is -0.134. The summed E-state index contributed by atoms with van der Waals surface area (Å²) in [6.07, 6.45) is 4.31. The minimum Gasteiger partial charge on any atom is -0.343 e. The molecule has 0 bridgehead atoms. The molecule has 3 rings (SSSR count). The van der Waals surface area contributed by atoms with E-state index >= 15 is 0 Å². The number of hydrogen-bond acceptors (Lipinski definition) is 4. The van der Waals surface area contributed by atoms with Gasteiger partial charge in [-0.1, -0.05) is 18.2 Å². The molecule has 0 spiro atoms. The third-order valence-corrected chi connectivity index (χ3v) is 4.36. The van der Waals surface area contributed by atoms with E-state index in [1.54, 1.807) is 11.0 Å². The molecular weight excluding hydrogens is 306 g/mol. The van der Waals surface area contributed by atoms with Gasteiger partial charge in [0.05, 0.1) is 12.6 Å². The molecule has 24 heavy (non-hydrogen) atoms. The molecule has 126 valence electrons. The van der Waals surface area contributed by atoms with Crippen LogP contribution in [0.5, 0.6) is 0 Å². The van der Waals surface area contributed by atoms with Gasteiger partial charge >= 0.3 is 0 Å². The predicted molar refractivity (Wildman–Crippen MR) is 88.2 cm³/mol. The number of nitrogens with one attached hydrogen (secondary N) is 2. The summed E-state index contributed by atoms with van der Waals surface area (Å²) >= 11 is 0. The number of rotatable bonds is 4. The molecule has 0 aliphatic carbocycles. The maximum absolute atomic E-state index is 12.6. The molecule has 2 amide bonds. The third kappa shape index (κ3) is 3.45. The van der Waals surface area contributed by atoms with E-state index in [0.717, 1.165) is 24.8 Å². The Morgan fingerprint density at radius 2 is 2.17 bits per heavy atom. The molecule has 0 saturated carbocycles. The Balaban J connectivity index is 1.63. The molecular formula is C17H21N5O2. The van der Waals surface area contributed by atoms with Crippen molar-refractivity contribution in [3.05, 3.63) is 47.5 Å². The van der Waals surface area contributed by atoms with E-state index in [2.05, 4.69) is 20.5 Å². The van der Waals surface area contributed by atoms with Gasteiger partial charge in [0.1, 0.15) is 12.2 Å². The summed E-state index contributed by atoms with van der Waals surface area (Å²) in [5, 5.41) is 9.44. The highest BCUT2D eigenvalue weighted by molar-refractivity contribution is 5.97. The van der Waals surface area contributed by atoms with Crippen molar-refractivity contribution in [2.45, 2.75) is 32.2 Å². The predicted octanol–water partition coefficient (Wildman–Crippen LogP) is 1.60. The molecule has 1 unspecified atom stereocenters. The van der Waals surface area contributed by atoms with Gasteiger partial charge in [-0.05, 0) is 37.8 Å². The van der Waals surface area contributed by atoms with Crippen molar-refractivity contribution < 1.29 is 9.59 Å². The van der Waals surface area contributed by atoms with Crippen LogP contribution in [0.4, 0.5) is 0 Å². The van der Waals surface area contributed by atoms with Gasteiger partial charge in [0, 0.05) is 12.1 Å². The van der Waals surface area contributed by atoms with E-state index in [-0.39, 0.29) is 24.4 Å². The number of carbonyl (C=O) groups is 2. The third-order valence-electron chi connectivity index (χ3n) is 4.36. The number of amides is 2. The minimum absolute atomic E-state index is 0.0161. The lowest BCUT2D eigenvalue weighted by atomic mass is 10.0. The molecule has 0 radical (unpaired) electrons. The second-order valence-corrected chi connectivity index (χ2v) is 5.97. The van der Waals surface area contributed by atoms with Gasteiger partial charge in [-0.2, -0.15) is 5.10 Å². The molecule has 1 aromatic carbocycles. The Morgan fingerprint density at radius 3 is 2.92 bits per heavy atom. The van der Waals surface area contributed by atoms with Crippen LogP contribution in [-0.4, -0.2) is 45.0 Å². The van der Waals surface area contributed by atoms with Gasteiger partial charge in [0.2, 0.25) is 5.91 Å². The first-order valence-corrected chi connectivity index (χ1v) is 8.15. The van der Waals surface area contributed by atoms with Crippen molar-refractivity contribution in [2.24, 2.45) is 0 Å². The van der Waals surface area contributed by atoms with Crippen molar-refractivity contribution in [1.82, 2.24) is 25.4 Å². The first-order chi connectivity index (χ1) is 11.7. The normalized spacial score (nSPS) is 17.5. The SMILES string of the molecule is Cc1ccccc1C(=O)NCC(=O)N1CCCCC1c1ncn[nH]1. The van der Waals surface area contributed by atoms with E-state index < -0.39 is 0 Å². The first-order valence-electron chi connectivity index (χ1n) is 8.15. The smallest absolute Gasteiger partial charge is 0.251 e. The van der Waals surface area contributed by atoms with Gasteiger partial charge in [-0.15, -0.1) is 0 Å². The Hall–Kier alpha value is -2.70. The number of nitrogens with zero attached hydrogens (tertiary/aromatic N) is 3. The summed E-state index contributed by atoms with van der Waals surface area (Å²) < 4.78 is 0. The van der Waals surface area contributed by atoms with Gasteiger partial charge in [-0.3, -0.25) is 14.7 Å². The number of aromatic amines is 1. The number of aryl methyl sites for hydroxylation is 1. The van der Waals surface area contributed by atoms with Crippen molar-refractivity contribution in [2.75, 3.05) is 13.1 Å². The molecule has 2 aromatic rings. The van der Waals surface area contributed by atoms with Crippen molar-refractivity contribution in [3.63, 3.8) is 0 Å². The highest BCUT2D eigenvalue weighted by Crippen LogP contribution is 2.28. The van der Waals surface area contributed by atoms with Crippen LogP contribution in [-0.2, 0) is 4.79 Å². The van der Waals surface area contributed by atoms with Crippen LogP contribution in [0.15, 0.2) is 30.6 Å². The van der Waals surface area contributed by atoms with E-state index in [4.69, 9.17) is 0 Å². The summed E-state index contributed by atoms with van der Waals surface area (Å²) in [6.45, 7) is 2.53. The van der Waals surface area contributed by atoms with Crippen LogP contribution in [0.1, 0.15) is 47.1 Å². The maximum atomic E-state index is 12.6. The molecule has 1 aromatic heterocycles. The van der Waals surface area contributed by atoms with Crippen LogP contribution < -0.4 is 5.32 Å². The zero-order chi connectivity index (χ0) is 16.9. The van der Waals surface area contributed by atoms with Crippen molar-refractivity contribution in [3.8, 4) is 0 Å². The molecule has 7 heteroatoms. The number of piperidine rings is 1. The second kappa shape index (κ2) is 7.25. The summed E-state index contributed by atoms with van der Waals surface area (Å²) in [4.78, 5) is 30.8. The molecule has 7 nitrogen and oxygen atoms in total. The highest BCUT2D eigenvalue weighted by Gasteiger charge is 2.29. The number of hydrogen-bond donors (Lipinski definition) is 2. The van der Waals surface area contributed by atoms with Gasteiger partial charge in [-0.25, -0.2) is 4.98 Å². The van der Waals surface area contributed by atoms with Crippen molar-refractivity contribution >= 4 is 11.8 Å². The van der Waals surface area contributed by atoms with E-state index in [1.807, 2.05) is 25.1 Å². The van der Waals surface area contributed by atoms with Gasteiger partial charge in [0.25, 0.3) is 5.91 Å². The average Bonchev–Trinajstić information content (AvgIpc) is 3.14. The average molecular weight is 327 g/mol. The number of aromatic nitrogens is 3. The fourth-order valence-electron chi connectivity index (χ4n) is 3.07. The zero-order valence-electron chi connectivity index (χ0n) is 13.7. The first kappa shape index (κ1) is 16.2. The van der Waals surface area contributed by atoms with E-state index in [9.17, 15) is 9.59 Å². The zero-order valence-corrected chi connectivity index (χ0v) is 13.7. The van der Waals surface area contributed by atoms with Crippen LogP contribution >= 0.6 is 0 Å². The van der Waals surface area contributed by atoms with E-state index in [0.29, 0.717) is 17.9 Å². The topological polar surface area (TPSA) is 91.0 Å². The molecule has 2 N–H and O–H groups in total. The number of carbonyl (C=O) groups excluding carboxylic acids is 2. The summed E-state index contributed by atoms with van der Waals surface area (Å²) in [7, 11) is 0. The fraction of sp³-hybridized carbons (Fsp3) is 0.412. The van der Waals surface area contributed by atoms with E-state index in [1.165, 1.54) is 6.33 Å². The quantitative estimate of drug-likeness (QED) is 0.892. The minimum atomic E-state index is -0.227. The van der Waals surface area contributed by atoms with Crippen LogP contribution in [0.2, 0.25) is 0 Å². The number of H-pyrrole nitrogens is 1. The Bertz CT molecular complexity index is 714. The molecule has 1 aliphatic rings. The Morgan fingerprint density at radius 1 is 1.33 bits per heavy atom. The largest absolute Gasteiger partial charge is 0.343 e. The standard InChI is InChI=1S/C17H21N5O2/c1-12-6-2-3-7-13(12)17(24)18-10-15(23)22-9-5-4-8-14(22)16-19-11-20-21-16/h2-3,6-7,11,14H,4-5,8-10H2,1H3,(H,18,24)(H,19,20,21). The van der Waals surface area contributed by atoms with Crippen LogP contribution in [0, 0.1) is 6.92 Å². The lowest BCUT2D eigenvalue weighted by Crippen LogP contribution is -2.44. The molecule has 1 saturated heterocycles. The molecule has 1 fully saturated rings. The van der Waals surface area contributed by atoms with Crippen LogP contribution in [0.3, 0.4) is 0 Å². The summed E-state index contributed by atoms with van der Waals surface area (Å²) in [5.41, 5.74) is 1.48. The molecule has 2 heterocycles. The number of likely N-dealkylation sites (tertiary alicyclic amines) is 1. The Labute approximate surface area is 140 Å². The fourth-order valence-corrected chi connectivity index (χ4v) is 3.07. The number of benzene rings is 1. The van der Waals surface area contributed by atoms with Gasteiger partial charge < -0.3 is 10.2 Å². The monoisotopic (exact) mass is 327 g/mol. The molecule has 1 atom stereocenters. The van der Waals surface area contributed by atoms with Crippen molar-refractivity contribution in [1.29, 1.82) is 0 Å². The second-order valence-electron chi connectivity index (χ2n) is 5.97. The summed E-state index contributed by atoms with van der Waals surface area (Å²) in [5.74, 6) is 0.376. The van der Waals surface area contributed by atoms with Crippen LogP contribution in [0.25, 0.3) is 0 Å². The Kier molecular flexibility index (Phi) is 4.88. The maximum Gasteiger partial charge on any atom is 0.251 e. The van der Waals surface area contributed by atoms with Gasteiger partial charge in [0.15, 0.2) is 0 Å². The molecule has 1 aliphatic heterocycles. The lowest BCUT2D eigenvalue weighted by Gasteiger charge is -2.34.